The maximum absolute atomic E-state index is 4.80. The summed E-state index contributed by atoms with van der Waals surface area (Å²) in [5, 5.41) is 1.26. The van der Waals surface area contributed by atoms with E-state index in [1.54, 1.807) is 0 Å². The third kappa shape index (κ3) is 2.99. The van der Waals surface area contributed by atoms with Crippen molar-refractivity contribution in [2.75, 3.05) is 11.4 Å². The molecule has 3 heterocycles. The van der Waals surface area contributed by atoms with Gasteiger partial charge in [-0.15, -0.1) is 0 Å². The summed E-state index contributed by atoms with van der Waals surface area (Å²) in [5.74, 6) is 1.10. The van der Waals surface area contributed by atoms with Crippen molar-refractivity contribution < 1.29 is 0 Å². The van der Waals surface area contributed by atoms with Crippen molar-refractivity contribution in [2.24, 2.45) is 0 Å². The van der Waals surface area contributed by atoms with Crippen molar-refractivity contribution in [3.05, 3.63) is 95.3 Å². The smallest absolute Gasteiger partial charge is 0.153 e. The molecule has 2 aromatic carbocycles. The Labute approximate surface area is 159 Å². The van der Waals surface area contributed by atoms with Gasteiger partial charge in [-0.2, -0.15) is 0 Å². The molecule has 0 fully saturated rings. The molecule has 3 heteroatoms. The van der Waals surface area contributed by atoms with Crippen LogP contribution in [0.15, 0.2) is 73.1 Å². The topological polar surface area (TPSA) is 21.1 Å². The van der Waals surface area contributed by atoms with Crippen molar-refractivity contribution in [3.63, 3.8) is 0 Å². The summed E-state index contributed by atoms with van der Waals surface area (Å²) in [6.45, 7) is 4.94. The van der Waals surface area contributed by atoms with Crippen LogP contribution in [-0.4, -0.2) is 16.1 Å². The Morgan fingerprint density at radius 2 is 1.74 bits per heavy atom. The minimum absolute atomic E-state index is 0.868. The SMILES string of the molecule is Cc1ccc(Cn2ccc3ccnc(N4CCc5ccccc5C4)c32)cc1. The van der Waals surface area contributed by atoms with Gasteiger partial charge in [-0.25, -0.2) is 4.98 Å². The Kier molecular flexibility index (Phi) is 3.93. The highest BCUT2D eigenvalue weighted by atomic mass is 15.2. The quantitative estimate of drug-likeness (QED) is 0.519. The van der Waals surface area contributed by atoms with E-state index in [0.717, 1.165) is 31.9 Å². The Morgan fingerprint density at radius 3 is 2.59 bits per heavy atom. The summed E-state index contributed by atoms with van der Waals surface area (Å²) >= 11 is 0. The lowest BCUT2D eigenvalue weighted by Crippen LogP contribution is -2.31. The summed E-state index contributed by atoms with van der Waals surface area (Å²) in [5.41, 5.74) is 6.73. The molecule has 4 aromatic rings. The number of fused-ring (bicyclic) bond motifs is 2. The lowest BCUT2D eigenvalue weighted by atomic mass is 10.00. The van der Waals surface area contributed by atoms with E-state index >= 15 is 0 Å². The van der Waals surface area contributed by atoms with E-state index in [2.05, 4.69) is 83.3 Å². The van der Waals surface area contributed by atoms with Crippen LogP contribution < -0.4 is 4.90 Å². The zero-order valence-corrected chi connectivity index (χ0v) is 15.6. The molecular formula is C24H23N3. The van der Waals surface area contributed by atoms with Crippen LogP contribution in [-0.2, 0) is 19.5 Å². The van der Waals surface area contributed by atoms with Gasteiger partial charge >= 0.3 is 0 Å². The minimum atomic E-state index is 0.868. The largest absolute Gasteiger partial charge is 0.350 e. The Hall–Kier alpha value is -3.07. The van der Waals surface area contributed by atoms with Gasteiger partial charge in [0.25, 0.3) is 0 Å². The average molecular weight is 353 g/mol. The molecule has 1 aliphatic rings. The summed E-state index contributed by atoms with van der Waals surface area (Å²) in [4.78, 5) is 7.22. The lowest BCUT2D eigenvalue weighted by molar-refractivity contribution is 0.719. The van der Waals surface area contributed by atoms with Crippen LogP contribution in [0, 0.1) is 6.92 Å². The molecular weight excluding hydrogens is 330 g/mol. The van der Waals surface area contributed by atoms with Crippen LogP contribution in [0.4, 0.5) is 5.82 Å². The van der Waals surface area contributed by atoms with E-state index < -0.39 is 0 Å². The van der Waals surface area contributed by atoms with Crippen molar-refractivity contribution in [1.29, 1.82) is 0 Å². The highest BCUT2D eigenvalue weighted by Gasteiger charge is 2.20. The van der Waals surface area contributed by atoms with Crippen LogP contribution >= 0.6 is 0 Å². The predicted octanol–water partition coefficient (Wildman–Crippen LogP) is 4.96. The lowest BCUT2D eigenvalue weighted by Gasteiger charge is -2.30. The Bertz CT molecular complexity index is 1090. The molecule has 2 aromatic heterocycles. The molecule has 0 saturated carbocycles. The number of nitrogens with zero attached hydrogens (tertiary/aromatic N) is 3. The number of aromatic nitrogens is 2. The van der Waals surface area contributed by atoms with Gasteiger partial charge in [0.15, 0.2) is 5.82 Å². The van der Waals surface area contributed by atoms with Crippen molar-refractivity contribution >= 4 is 16.7 Å². The van der Waals surface area contributed by atoms with E-state index in [1.807, 2.05) is 6.20 Å². The molecule has 3 nitrogen and oxygen atoms in total. The fourth-order valence-corrected chi connectivity index (χ4v) is 4.06. The second kappa shape index (κ2) is 6.58. The zero-order chi connectivity index (χ0) is 18.2. The summed E-state index contributed by atoms with van der Waals surface area (Å²) in [7, 11) is 0. The highest BCUT2D eigenvalue weighted by Crippen LogP contribution is 2.30. The van der Waals surface area contributed by atoms with E-state index in [4.69, 9.17) is 4.98 Å². The summed E-state index contributed by atoms with van der Waals surface area (Å²) in [6, 6.07) is 21.9. The zero-order valence-electron chi connectivity index (χ0n) is 15.6. The first-order valence-electron chi connectivity index (χ1n) is 9.59. The van der Waals surface area contributed by atoms with Gasteiger partial charge in [-0.1, -0.05) is 54.1 Å². The van der Waals surface area contributed by atoms with Gasteiger partial charge < -0.3 is 9.47 Å². The second-order valence-electron chi connectivity index (χ2n) is 7.44. The summed E-state index contributed by atoms with van der Waals surface area (Å²) < 4.78 is 2.34. The first kappa shape index (κ1) is 16.1. The molecule has 134 valence electrons. The second-order valence-corrected chi connectivity index (χ2v) is 7.44. The molecule has 0 spiro atoms. The van der Waals surface area contributed by atoms with Crippen LogP contribution in [0.5, 0.6) is 0 Å². The van der Waals surface area contributed by atoms with Gasteiger partial charge in [0.05, 0.1) is 5.52 Å². The third-order valence-electron chi connectivity index (χ3n) is 5.56. The molecule has 0 N–H and O–H groups in total. The number of pyridine rings is 1. The number of hydrogen-bond donors (Lipinski definition) is 0. The maximum Gasteiger partial charge on any atom is 0.153 e. The van der Waals surface area contributed by atoms with Gasteiger partial charge in [0, 0.05) is 37.4 Å². The molecule has 0 atom stereocenters. The summed E-state index contributed by atoms with van der Waals surface area (Å²) in [6.07, 6.45) is 5.20. The van der Waals surface area contributed by atoms with E-state index in [1.165, 1.54) is 33.2 Å². The first-order chi connectivity index (χ1) is 13.3. The first-order valence-corrected chi connectivity index (χ1v) is 9.59. The van der Waals surface area contributed by atoms with Crippen LogP contribution in [0.3, 0.4) is 0 Å². The molecule has 0 amide bonds. The van der Waals surface area contributed by atoms with Gasteiger partial charge in [-0.05, 0) is 42.2 Å². The Morgan fingerprint density at radius 1 is 0.926 bits per heavy atom. The van der Waals surface area contributed by atoms with E-state index in [9.17, 15) is 0 Å². The number of rotatable bonds is 3. The average Bonchev–Trinajstić information content (AvgIpc) is 3.12. The van der Waals surface area contributed by atoms with Gasteiger partial charge in [0.2, 0.25) is 0 Å². The van der Waals surface area contributed by atoms with Crippen LogP contribution in [0.25, 0.3) is 10.9 Å². The fraction of sp³-hybridized carbons (Fsp3) is 0.208. The molecule has 0 radical (unpaired) electrons. The van der Waals surface area contributed by atoms with Gasteiger partial charge in [0.1, 0.15) is 0 Å². The molecule has 1 aliphatic heterocycles. The van der Waals surface area contributed by atoms with Crippen LogP contribution in [0.2, 0.25) is 0 Å². The maximum atomic E-state index is 4.80. The van der Waals surface area contributed by atoms with Crippen LogP contribution in [0.1, 0.15) is 22.3 Å². The van der Waals surface area contributed by atoms with Crippen molar-refractivity contribution in [3.8, 4) is 0 Å². The fourth-order valence-electron chi connectivity index (χ4n) is 4.06. The molecule has 0 bridgehead atoms. The minimum Gasteiger partial charge on any atom is -0.350 e. The van der Waals surface area contributed by atoms with E-state index in [0.29, 0.717) is 0 Å². The number of hydrogen-bond acceptors (Lipinski definition) is 2. The van der Waals surface area contributed by atoms with Crippen molar-refractivity contribution in [2.45, 2.75) is 26.4 Å². The molecule has 27 heavy (non-hydrogen) atoms. The number of benzene rings is 2. The molecule has 5 rings (SSSR count). The van der Waals surface area contributed by atoms with Crippen molar-refractivity contribution in [1.82, 2.24) is 9.55 Å². The normalized spacial score (nSPS) is 13.7. The third-order valence-corrected chi connectivity index (χ3v) is 5.56. The number of anilines is 1. The predicted molar refractivity (Wildman–Crippen MR) is 111 cm³/mol. The number of aryl methyl sites for hydroxylation is 1. The van der Waals surface area contributed by atoms with Gasteiger partial charge in [-0.3, -0.25) is 0 Å². The molecule has 0 saturated heterocycles. The van der Waals surface area contributed by atoms with E-state index in [-0.39, 0.29) is 0 Å². The standard InChI is InChI=1S/C24H23N3/c1-18-6-8-19(9-7-18)16-26-14-12-21-10-13-25-24(23(21)26)27-15-11-20-4-2-3-5-22(20)17-27/h2-10,12-14H,11,15-17H2,1H3. The monoisotopic (exact) mass is 353 g/mol. The highest BCUT2D eigenvalue weighted by molar-refractivity contribution is 5.90. The Balaban J connectivity index is 1.53. The molecule has 0 unspecified atom stereocenters. The molecule has 0 aliphatic carbocycles.